The summed E-state index contributed by atoms with van der Waals surface area (Å²) < 4.78 is 13.8. The molecule has 0 aliphatic heterocycles. The van der Waals surface area contributed by atoms with Gasteiger partial charge in [-0.25, -0.2) is 14.4 Å². The molecule has 0 radical (unpaired) electrons. The van der Waals surface area contributed by atoms with Crippen LogP contribution in [0.25, 0.3) is 0 Å². The maximum absolute atomic E-state index is 10.0. The van der Waals surface area contributed by atoms with Gasteiger partial charge in [-0.2, -0.15) is 0 Å². The van der Waals surface area contributed by atoms with Gasteiger partial charge in [-0.05, 0) is 0 Å². The van der Waals surface area contributed by atoms with E-state index in [4.69, 9.17) is 9.79 Å². The summed E-state index contributed by atoms with van der Waals surface area (Å²) in [7, 11) is -3.46. The third-order valence-electron chi connectivity index (χ3n) is 0.422. The molecule has 3 N–H and O–H groups in total. The van der Waals surface area contributed by atoms with Crippen LogP contribution >= 0.6 is 7.75 Å². The summed E-state index contributed by atoms with van der Waals surface area (Å²) in [4.78, 5) is 26.0. The summed E-state index contributed by atoms with van der Waals surface area (Å²) in [5.41, 5.74) is 0. The average Bonchev–Trinajstić information content (AvgIpc) is 1.62. The average molecular weight is 155 g/mol. The third kappa shape index (κ3) is 5.29. The number of hydrogen-bond donors (Lipinski definition) is 3. The fraction of sp³-hybridized carbons (Fsp3) is 0.500. The molecule has 0 fully saturated rings. The zero-order chi connectivity index (χ0) is 7.49. The Hall–Kier alpha value is -0.580. The number of methoxy groups -OCH3 is 1. The highest BCUT2D eigenvalue weighted by Crippen LogP contribution is 2.27. The fourth-order valence-electron chi connectivity index (χ4n) is 0.165. The fourth-order valence-corrected chi connectivity index (χ4v) is 0.494. The predicted molar refractivity (Wildman–Crippen MR) is 27.6 cm³/mol. The molecule has 0 aromatic heterocycles. The van der Waals surface area contributed by atoms with Gasteiger partial charge in [0.15, 0.2) is 0 Å². The molecule has 9 heavy (non-hydrogen) atoms. The van der Waals surface area contributed by atoms with Crippen LogP contribution in [0.3, 0.4) is 0 Å². The number of carbonyl (C=O) groups is 1. The van der Waals surface area contributed by atoms with E-state index in [-0.39, 0.29) is 0 Å². The van der Waals surface area contributed by atoms with Crippen molar-refractivity contribution in [3.8, 4) is 0 Å². The lowest BCUT2D eigenvalue weighted by atomic mass is 11.2. The first-order valence-corrected chi connectivity index (χ1v) is 3.49. The summed E-state index contributed by atoms with van der Waals surface area (Å²) in [6.45, 7) is 0. The maximum atomic E-state index is 10.0. The lowest BCUT2D eigenvalue weighted by Crippen LogP contribution is -2.19. The SMILES string of the molecule is COC(=O)NP(=O)(O)O. The topological polar surface area (TPSA) is 95.9 Å². The second-order valence-corrected chi connectivity index (χ2v) is 2.46. The summed E-state index contributed by atoms with van der Waals surface area (Å²) in [6, 6.07) is 0. The number of hydrogen-bond acceptors (Lipinski definition) is 3. The van der Waals surface area contributed by atoms with Gasteiger partial charge in [-0.15, -0.1) is 0 Å². The molecule has 0 bridgehead atoms. The summed E-state index contributed by atoms with van der Waals surface area (Å²) in [6.07, 6.45) is -1.15. The second-order valence-electron chi connectivity index (χ2n) is 1.15. The van der Waals surface area contributed by atoms with E-state index in [1.807, 2.05) is 0 Å². The molecule has 0 spiro atoms. The minimum absolute atomic E-state index is 1.00. The van der Waals surface area contributed by atoms with Gasteiger partial charge in [0.25, 0.3) is 0 Å². The third-order valence-corrected chi connectivity index (χ3v) is 0.896. The molecule has 0 aliphatic carbocycles. The number of nitrogens with one attached hydrogen (secondary N) is 1. The molecule has 1 amide bonds. The van der Waals surface area contributed by atoms with E-state index in [0.717, 1.165) is 7.11 Å². The highest BCUT2D eigenvalue weighted by molar-refractivity contribution is 7.50. The van der Waals surface area contributed by atoms with Crippen molar-refractivity contribution in [3.05, 3.63) is 0 Å². The number of rotatable bonds is 1. The van der Waals surface area contributed by atoms with E-state index in [1.54, 1.807) is 0 Å². The molecule has 0 unspecified atom stereocenters. The van der Waals surface area contributed by atoms with Gasteiger partial charge in [0.1, 0.15) is 0 Å². The van der Waals surface area contributed by atoms with Crippen molar-refractivity contribution in [2.24, 2.45) is 0 Å². The molecule has 0 aromatic rings. The van der Waals surface area contributed by atoms with Crippen molar-refractivity contribution in [2.45, 2.75) is 0 Å². The van der Waals surface area contributed by atoms with Crippen LogP contribution in [0.2, 0.25) is 0 Å². The van der Waals surface area contributed by atoms with Crippen LogP contribution in [-0.2, 0) is 9.30 Å². The Morgan fingerprint density at radius 1 is 1.67 bits per heavy atom. The van der Waals surface area contributed by atoms with Gasteiger partial charge in [-0.1, -0.05) is 0 Å². The van der Waals surface area contributed by atoms with E-state index < -0.39 is 13.8 Å². The molecule has 0 heterocycles. The van der Waals surface area contributed by atoms with Crippen LogP contribution in [0.4, 0.5) is 4.79 Å². The first kappa shape index (κ1) is 8.42. The van der Waals surface area contributed by atoms with Crippen LogP contribution in [0.5, 0.6) is 0 Å². The molecule has 0 atom stereocenters. The molecular weight excluding hydrogens is 149 g/mol. The summed E-state index contributed by atoms with van der Waals surface area (Å²) >= 11 is 0. The van der Waals surface area contributed by atoms with Crippen molar-refractivity contribution in [1.82, 2.24) is 5.09 Å². The molecule has 7 heteroatoms. The Morgan fingerprint density at radius 3 is 2.22 bits per heavy atom. The molecule has 6 nitrogen and oxygen atoms in total. The van der Waals surface area contributed by atoms with Crippen molar-refractivity contribution < 1.29 is 23.9 Å². The highest BCUT2D eigenvalue weighted by Gasteiger charge is 2.16. The zero-order valence-corrected chi connectivity index (χ0v) is 5.46. The quantitative estimate of drug-likeness (QED) is 0.441. The smallest absolute Gasteiger partial charge is 0.432 e. The second kappa shape index (κ2) is 2.82. The first-order chi connectivity index (χ1) is 3.95. The maximum Gasteiger partial charge on any atom is 0.432 e. The van der Waals surface area contributed by atoms with Crippen LogP contribution in [0.1, 0.15) is 0 Å². The lowest BCUT2D eigenvalue weighted by Gasteiger charge is -2.02. The van der Waals surface area contributed by atoms with Gasteiger partial charge in [-0.3, -0.25) is 0 Å². The molecule has 0 saturated heterocycles. The number of amides is 1. The molecule has 54 valence electrons. The molecule has 0 aliphatic rings. The standard InChI is InChI=1S/C2H6NO5P/c1-8-2(4)3-9(5,6)7/h1H3,(H3,3,4,5,6,7). The predicted octanol–water partition coefficient (Wildman–Crippen LogP) is -0.565. The van der Waals surface area contributed by atoms with Crippen molar-refractivity contribution in [3.63, 3.8) is 0 Å². The van der Waals surface area contributed by atoms with Gasteiger partial charge < -0.3 is 14.5 Å². The number of carbonyl (C=O) groups excluding carboxylic acids is 1. The largest absolute Gasteiger partial charge is 0.453 e. The molecular formula is C2H6NO5P. The van der Waals surface area contributed by atoms with E-state index in [1.165, 1.54) is 5.09 Å². The van der Waals surface area contributed by atoms with Crippen LogP contribution in [-0.4, -0.2) is 23.0 Å². The van der Waals surface area contributed by atoms with E-state index in [0.29, 0.717) is 0 Å². The Balaban J connectivity index is 3.75. The molecule has 0 aromatic carbocycles. The van der Waals surface area contributed by atoms with Crippen LogP contribution < -0.4 is 5.09 Å². The lowest BCUT2D eigenvalue weighted by molar-refractivity contribution is 0.174. The first-order valence-electron chi connectivity index (χ1n) is 1.87. The van der Waals surface area contributed by atoms with Crippen LogP contribution in [0.15, 0.2) is 0 Å². The van der Waals surface area contributed by atoms with Gasteiger partial charge >= 0.3 is 13.8 Å². The summed E-state index contributed by atoms with van der Waals surface area (Å²) in [5, 5.41) is 1.27. The molecule has 0 rings (SSSR count). The Kier molecular flexibility index (Phi) is 2.64. The van der Waals surface area contributed by atoms with Crippen LogP contribution in [0, 0.1) is 0 Å². The van der Waals surface area contributed by atoms with Gasteiger partial charge in [0, 0.05) is 0 Å². The van der Waals surface area contributed by atoms with E-state index in [9.17, 15) is 9.36 Å². The summed E-state index contributed by atoms with van der Waals surface area (Å²) in [5.74, 6) is 0. The Bertz CT molecular complexity index is 149. The zero-order valence-electron chi connectivity index (χ0n) is 4.57. The Labute approximate surface area is 51.0 Å². The van der Waals surface area contributed by atoms with Gasteiger partial charge in [0.2, 0.25) is 0 Å². The normalized spacial score (nSPS) is 10.6. The minimum atomic E-state index is -4.46. The Morgan fingerprint density at radius 2 is 2.11 bits per heavy atom. The van der Waals surface area contributed by atoms with E-state index >= 15 is 0 Å². The van der Waals surface area contributed by atoms with Gasteiger partial charge in [0.05, 0.1) is 7.11 Å². The molecule has 0 saturated carbocycles. The van der Waals surface area contributed by atoms with Crippen molar-refractivity contribution in [2.75, 3.05) is 7.11 Å². The number of ether oxygens (including phenoxy) is 1. The highest BCUT2D eigenvalue weighted by atomic mass is 31.2. The van der Waals surface area contributed by atoms with Crippen molar-refractivity contribution in [1.29, 1.82) is 0 Å². The van der Waals surface area contributed by atoms with E-state index in [2.05, 4.69) is 4.74 Å². The minimum Gasteiger partial charge on any atom is -0.453 e. The van der Waals surface area contributed by atoms with Crippen molar-refractivity contribution >= 4 is 13.8 Å². The monoisotopic (exact) mass is 155 g/mol.